The number of likely N-dealkylation sites (tertiary alicyclic amines) is 2. The molecular weight excluding hydrogens is 1230 g/mol. The molecule has 5 saturated heterocycles. The molecule has 18 nitrogen and oxygen atoms in total. The number of nitrogens with zero attached hydrogens (tertiary/aromatic N) is 6. The molecule has 0 spiro atoms. The number of aliphatic hydroxyl groups is 2. The van der Waals surface area contributed by atoms with Gasteiger partial charge in [0.05, 0.1) is 54.4 Å². The molecule has 0 radical (unpaired) electrons. The molecule has 26 heteroatoms. The fourth-order valence-corrected chi connectivity index (χ4v) is 10.6. The van der Waals surface area contributed by atoms with Crippen molar-refractivity contribution >= 4 is 95.4 Å². The number of anilines is 6. The van der Waals surface area contributed by atoms with Gasteiger partial charge in [-0.05, 0) is 156 Å². The number of aromatic nitrogens is 2. The minimum Gasteiger partial charge on any atom is -0.399 e. The normalized spacial score (nSPS) is 20.0. The van der Waals surface area contributed by atoms with Crippen LogP contribution in [-0.4, -0.2) is 171 Å². The Hall–Kier alpha value is -4.97. The van der Waals surface area contributed by atoms with Gasteiger partial charge in [-0.2, -0.15) is 26.7 Å². The van der Waals surface area contributed by atoms with E-state index in [1.165, 1.54) is 4.90 Å². The number of urea groups is 2. The number of benzene rings is 2. The molecule has 464 valence electrons. The predicted molar refractivity (Wildman–Crippen MR) is 333 cm³/mol. The van der Waals surface area contributed by atoms with E-state index in [0.717, 1.165) is 42.5 Å². The van der Waals surface area contributed by atoms with Crippen LogP contribution in [0.5, 0.6) is 0 Å². The number of alkyl halides is 3. The lowest BCUT2D eigenvalue weighted by Crippen LogP contribution is -2.41. The molecule has 9 rings (SSSR count). The monoisotopic (exact) mass is 1310 g/mol. The van der Waals surface area contributed by atoms with E-state index >= 15 is 4.39 Å². The summed E-state index contributed by atoms with van der Waals surface area (Å²) >= 11 is 1.96. The number of rotatable bonds is 14. The molecule has 2 aromatic carbocycles. The molecule has 0 bridgehead atoms. The van der Waals surface area contributed by atoms with Gasteiger partial charge in [0.25, 0.3) is 0 Å². The average Bonchev–Trinajstić information content (AvgIpc) is 3.25. The Bertz CT molecular complexity index is 2840. The number of pyridine rings is 2. The quantitative estimate of drug-likeness (QED) is 0.0396. The molecule has 0 unspecified atom stereocenters. The van der Waals surface area contributed by atoms with Crippen LogP contribution in [0.3, 0.4) is 0 Å². The lowest BCUT2D eigenvalue weighted by molar-refractivity contribution is -0.143. The van der Waals surface area contributed by atoms with Gasteiger partial charge in [-0.15, -0.1) is 0 Å². The Balaban J connectivity index is 0.000000209. The number of amides is 4. The number of hydrogen-bond acceptors (Lipinski definition) is 14. The van der Waals surface area contributed by atoms with Crippen LogP contribution in [0.2, 0.25) is 0 Å². The summed E-state index contributed by atoms with van der Waals surface area (Å²) in [6.07, 6.45) is -2.60. The Morgan fingerprint density at radius 3 is 1.65 bits per heavy atom. The highest BCUT2D eigenvalue weighted by Gasteiger charge is 2.52. The van der Waals surface area contributed by atoms with Gasteiger partial charge < -0.3 is 69.9 Å². The Kier molecular flexibility index (Phi) is 24.4. The third kappa shape index (κ3) is 18.1. The van der Waals surface area contributed by atoms with Gasteiger partial charge in [-0.3, -0.25) is 0 Å². The van der Waals surface area contributed by atoms with E-state index < -0.39 is 48.7 Å². The number of carbonyl (C=O) groups excluding carboxylic acids is 2. The maximum Gasteiger partial charge on any atom is 0.495 e. The summed E-state index contributed by atoms with van der Waals surface area (Å²) in [5, 5.41) is 30.5. The highest BCUT2D eigenvalue weighted by Crippen LogP contribution is 2.38. The summed E-state index contributed by atoms with van der Waals surface area (Å²) in [5.74, 6) is 0.966. The van der Waals surface area contributed by atoms with Gasteiger partial charge in [0.2, 0.25) is 0 Å². The molecule has 0 saturated carbocycles. The van der Waals surface area contributed by atoms with Crippen LogP contribution in [0.1, 0.15) is 85.3 Å². The Morgan fingerprint density at radius 2 is 1.17 bits per heavy atom. The largest absolute Gasteiger partial charge is 0.495 e. The molecule has 6 N–H and O–H groups in total. The average molecular weight is 1310 g/mol. The fourth-order valence-electron chi connectivity index (χ4n) is 10.1. The second-order valence-electron chi connectivity index (χ2n) is 23.0. The van der Waals surface area contributed by atoms with Crippen LogP contribution >= 0.6 is 36.1 Å². The molecule has 5 aliphatic rings. The number of aliphatic hydroxyl groups excluding tert-OH is 2. The Morgan fingerprint density at radius 1 is 0.702 bits per heavy atom. The van der Waals surface area contributed by atoms with Gasteiger partial charge >= 0.3 is 25.4 Å². The molecule has 7 heterocycles. The summed E-state index contributed by atoms with van der Waals surface area (Å²) < 4.78 is 91.2. The smallest absolute Gasteiger partial charge is 0.399 e. The molecule has 0 aliphatic carbocycles. The number of aryl methyl sites for hydroxylation is 2. The van der Waals surface area contributed by atoms with Crippen molar-refractivity contribution < 1.29 is 60.5 Å². The van der Waals surface area contributed by atoms with Crippen molar-refractivity contribution in [3.8, 4) is 11.1 Å². The van der Waals surface area contributed by atoms with Gasteiger partial charge in [-0.25, -0.2) is 28.3 Å². The first-order valence-corrected chi connectivity index (χ1v) is 29.6. The summed E-state index contributed by atoms with van der Waals surface area (Å²) in [6.45, 7) is 24.0. The lowest BCUT2D eigenvalue weighted by Gasteiger charge is -2.32. The maximum absolute atomic E-state index is 15.9. The van der Waals surface area contributed by atoms with Crippen LogP contribution < -0.4 is 36.5 Å². The molecule has 84 heavy (non-hydrogen) atoms. The van der Waals surface area contributed by atoms with E-state index in [0.29, 0.717) is 115 Å². The van der Waals surface area contributed by atoms with E-state index in [-0.39, 0.29) is 63.0 Å². The number of ether oxygens (including phenoxy) is 2. The minimum atomic E-state index is -4.20. The minimum absolute atomic E-state index is 0. The van der Waals surface area contributed by atoms with Crippen molar-refractivity contribution in [3.63, 3.8) is 0 Å². The molecule has 4 amide bonds. The van der Waals surface area contributed by atoms with Crippen LogP contribution in [0.25, 0.3) is 11.1 Å². The van der Waals surface area contributed by atoms with Crippen molar-refractivity contribution in [2.45, 2.75) is 117 Å². The number of morpholine rings is 2. The summed E-state index contributed by atoms with van der Waals surface area (Å²) in [7, 11) is -0.556. The molecule has 5 fully saturated rings. The van der Waals surface area contributed by atoms with Gasteiger partial charge in [-0.1, -0.05) is 31.0 Å². The van der Waals surface area contributed by atoms with Crippen molar-refractivity contribution in [1.29, 1.82) is 0 Å². The first-order chi connectivity index (χ1) is 39.3. The highest BCUT2D eigenvalue weighted by atomic mass is 127. The van der Waals surface area contributed by atoms with E-state index in [9.17, 15) is 32.3 Å². The van der Waals surface area contributed by atoms with E-state index in [2.05, 4.69) is 38.2 Å². The van der Waals surface area contributed by atoms with E-state index in [1.807, 2.05) is 117 Å². The van der Waals surface area contributed by atoms with Gasteiger partial charge in [0, 0.05) is 87.8 Å². The fraction of sp³-hybridized carbons (Fsp3) is 0.586. The zero-order valence-electron chi connectivity index (χ0n) is 49.5. The SMILES string of the molecule is CC[C@@H]1CCN(C(=O)Nc2ccc(C)c(-c3cc(N[C@H](C)CO)nc(N4CCOCC4)c3F)c2)C1.C[C@H](CO)Nc1cc(I)c(F)c(N2CCOCC2)n1.Cc1ccc(NC(=O)N2CC[C@@H](CC(F)(F)F)C2)cc1B1OC(C)(C)C(C)(C)O1.S. The molecule has 4 aromatic rings. The Labute approximate surface area is 511 Å². The van der Waals surface area contributed by atoms with Crippen LogP contribution in [0, 0.1) is 40.9 Å². The number of halogens is 6. The topological polar surface area (TPSA) is 198 Å². The lowest BCUT2D eigenvalue weighted by atomic mass is 9.76. The second-order valence-corrected chi connectivity index (χ2v) is 24.1. The third-order valence-electron chi connectivity index (χ3n) is 15.9. The maximum atomic E-state index is 15.9. The highest BCUT2D eigenvalue weighted by molar-refractivity contribution is 14.1. The molecule has 5 aliphatic heterocycles. The third-order valence-corrected chi connectivity index (χ3v) is 16.6. The van der Waals surface area contributed by atoms with Crippen LogP contribution in [0.4, 0.5) is 66.2 Å². The van der Waals surface area contributed by atoms with E-state index in [4.69, 9.17) is 23.9 Å². The van der Waals surface area contributed by atoms with E-state index in [1.54, 1.807) is 24.3 Å². The van der Waals surface area contributed by atoms with Crippen LogP contribution in [-0.2, 0) is 18.8 Å². The van der Waals surface area contributed by atoms with Crippen molar-refractivity contribution in [1.82, 2.24) is 19.8 Å². The first kappa shape index (κ1) is 68.2. The summed E-state index contributed by atoms with van der Waals surface area (Å²) in [6, 6.07) is 13.4. The van der Waals surface area contributed by atoms with Gasteiger partial charge in [0.15, 0.2) is 23.3 Å². The first-order valence-electron chi connectivity index (χ1n) is 28.5. The second kappa shape index (κ2) is 30.1. The zero-order valence-corrected chi connectivity index (χ0v) is 52.7. The molecule has 4 atom stereocenters. The van der Waals surface area contributed by atoms with Crippen molar-refractivity contribution in [3.05, 3.63) is 74.9 Å². The molecule has 2 aromatic heterocycles. The summed E-state index contributed by atoms with van der Waals surface area (Å²) in [5.41, 5.74) is 3.97. The van der Waals surface area contributed by atoms with Crippen molar-refractivity contribution in [2.75, 3.05) is 123 Å². The standard InChI is InChI=1S/C26H36FN5O3.C20H28BF3N2O3.C12H17FIN3O2.H2S/c1-4-19-7-8-32(15-19)26(34)29-20-6-5-17(2)21(13-20)22-14-23(28-18(3)16-33)30-25(24(22)27)31-9-11-35-12-10-31;1-13-6-7-15(10-16(13)21-28-18(2,3)19(4,5)29-21)25-17(27)26-9-8-14(12-26)11-20(22,23)24;1-8(7-18)15-10-6-9(14)11(13)12(16-10)17-2-4-19-5-3-17;/h5-6,13-14,18-19,33H,4,7-12,15-16H2,1-3H3,(H,28,30)(H,29,34);6-7,10,14H,8-9,11-12H2,1-5H3,(H,25,27);6,8,18H,2-5,7H2,1H3,(H,15,16);1H2/t18-,19-;14-;8-;/m101./s1. The van der Waals surface area contributed by atoms with Crippen LogP contribution in [0.15, 0.2) is 48.5 Å². The molecular formula is C58H83BF5IN10O8S. The summed E-state index contributed by atoms with van der Waals surface area (Å²) in [4.78, 5) is 41.2. The van der Waals surface area contributed by atoms with Crippen molar-refractivity contribution in [2.24, 2.45) is 11.8 Å². The number of carbonyl (C=O) groups is 2. The number of nitrogens with one attached hydrogen (secondary N) is 4. The number of hydrogen-bond donors (Lipinski definition) is 6. The predicted octanol–water partition coefficient (Wildman–Crippen LogP) is 9.76. The zero-order chi connectivity index (χ0) is 60.4. The van der Waals surface area contributed by atoms with Gasteiger partial charge in [0.1, 0.15) is 11.6 Å².